The zero-order valence-corrected chi connectivity index (χ0v) is 13.3. The Balaban J connectivity index is 3.25. The molecule has 112 valence electrons. The van der Waals surface area contributed by atoms with Crippen molar-refractivity contribution >= 4 is 10.0 Å². The lowest BCUT2D eigenvalue weighted by molar-refractivity contribution is 0.463. The standard InChI is InChI=1S/C13H22N4O2S/c1-6-9-16(7-2)20(18,19)13-11(3)15-17(12(13)4)10-8-14-5/h1,14H,7-10H2,2-5H3. The molecule has 0 spiro atoms. The number of sulfonamides is 1. The molecule has 0 amide bonds. The van der Waals surface area contributed by atoms with Crippen molar-refractivity contribution in [3.8, 4) is 12.3 Å². The van der Waals surface area contributed by atoms with Gasteiger partial charge in [0, 0.05) is 13.1 Å². The Kier molecular flexibility index (Phi) is 5.74. The molecular formula is C13H22N4O2S. The molecule has 0 aliphatic carbocycles. The Morgan fingerprint density at radius 3 is 2.60 bits per heavy atom. The second-order valence-electron chi connectivity index (χ2n) is 4.46. The second-order valence-corrected chi connectivity index (χ2v) is 6.34. The summed E-state index contributed by atoms with van der Waals surface area (Å²) in [5.74, 6) is 2.38. The monoisotopic (exact) mass is 298 g/mol. The Labute approximate surface area is 121 Å². The average Bonchev–Trinajstić information content (AvgIpc) is 2.68. The summed E-state index contributed by atoms with van der Waals surface area (Å²) >= 11 is 0. The third-order valence-corrected chi connectivity index (χ3v) is 5.28. The summed E-state index contributed by atoms with van der Waals surface area (Å²) in [5, 5.41) is 7.33. The largest absolute Gasteiger partial charge is 0.318 e. The summed E-state index contributed by atoms with van der Waals surface area (Å²) in [4.78, 5) is 0.269. The predicted octanol–water partition coefficient (Wildman–Crippen LogP) is 0.363. The Morgan fingerprint density at radius 2 is 2.10 bits per heavy atom. The number of nitrogens with one attached hydrogen (secondary N) is 1. The minimum atomic E-state index is -3.59. The molecule has 0 saturated carbocycles. The van der Waals surface area contributed by atoms with E-state index in [1.165, 1.54) is 4.31 Å². The lowest BCUT2D eigenvalue weighted by Crippen LogP contribution is -2.32. The number of aryl methyl sites for hydroxylation is 1. The number of terminal acetylenes is 1. The minimum Gasteiger partial charge on any atom is -0.318 e. The highest BCUT2D eigenvalue weighted by Gasteiger charge is 2.29. The number of likely N-dealkylation sites (N-methyl/N-ethyl adjacent to an activating group) is 1. The SMILES string of the molecule is C#CCN(CC)S(=O)(=O)c1c(C)nn(CCNC)c1C. The first-order valence-corrected chi connectivity index (χ1v) is 7.96. The third kappa shape index (κ3) is 3.20. The lowest BCUT2D eigenvalue weighted by atomic mass is 10.4. The van der Waals surface area contributed by atoms with Crippen LogP contribution in [-0.2, 0) is 16.6 Å². The van der Waals surface area contributed by atoms with Gasteiger partial charge in [0.1, 0.15) is 4.90 Å². The summed E-state index contributed by atoms with van der Waals surface area (Å²) in [5.41, 5.74) is 1.15. The van der Waals surface area contributed by atoms with Crippen LogP contribution in [0.5, 0.6) is 0 Å². The van der Waals surface area contributed by atoms with Crippen LogP contribution >= 0.6 is 0 Å². The van der Waals surface area contributed by atoms with Gasteiger partial charge in [-0.2, -0.15) is 9.40 Å². The fourth-order valence-corrected chi connectivity index (χ4v) is 3.82. The van der Waals surface area contributed by atoms with E-state index < -0.39 is 10.0 Å². The van der Waals surface area contributed by atoms with E-state index in [1.54, 1.807) is 25.5 Å². The van der Waals surface area contributed by atoms with E-state index in [4.69, 9.17) is 6.42 Å². The van der Waals surface area contributed by atoms with Crippen LogP contribution in [-0.4, -0.2) is 49.2 Å². The van der Waals surface area contributed by atoms with Gasteiger partial charge in [-0.3, -0.25) is 4.68 Å². The van der Waals surface area contributed by atoms with Crippen molar-refractivity contribution in [3.05, 3.63) is 11.4 Å². The van der Waals surface area contributed by atoms with Gasteiger partial charge in [-0.15, -0.1) is 6.42 Å². The molecule has 6 nitrogen and oxygen atoms in total. The average molecular weight is 298 g/mol. The first kappa shape index (κ1) is 16.7. The number of rotatable bonds is 7. The molecule has 0 radical (unpaired) electrons. The molecule has 20 heavy (non-hydrogen) atoms. The van der Waals surface area contributed by atoms with E-state index in [2.05, 4.69) is 16.3 Å². The van der Waals surface area contributed by atoms with Crippen molar-refractivity contribution in [3.63, 3.8) is 0 Å². The van der Waals surface area contributed by atoms with E-state index in [0.29, 0.717) is 24.5 Å². The van der Waals surface area contributed by atoms with Gasteiger partial charge >= 0.3 is 0 Å². The zero-order valence-electron chi connectivity index (χ0n) is 12.5. The van der Waals surface area contributed by atoms with Crippen LogP contribution in [0.3, 0.4) is 0 Å². The molecule has 1 aromatic rings. The molecular weight excluding hydrogens is 276 g/mol. The molecule has 0 aliphatic heterocycles. The topological polar surface area (TPSA) is 67.2 Å². The molecule has 0 unspecified atom stereocenters. The maximum absolute atomic E-state index is 12.6. The fraction of sp³-hybridized carbons (Fsp3) is 0.615. The maximum Gasteiger partial charge on any atom is 0.247 e. The number of nitrogens with zero attached hydrogens (tertiary/aromatic N) is 3. The smallest absolute Gasteiger partial charge is 0.247 e. The van der Waals surface area contributed by atoms with Crippen molar-refractivity contribution in [1.29, 1.82) is 0 Å². The van der Waals surface area contributed by atoms with Gasteiger partial charge in [0.15, 0.2) is 0 Å². The van der Waals surface area contributed by atoms with Gasteiger partial charge in [0.2, 0.25) is 10.0 Å². The molecule has 0 aromatic carbocycles. The Morgan fingerprint density at radius 1 is 1.45 bits per heavy atom. The molecule has 1 rings (SSSR count). The number of aromatic nitrogens is 2. The highest BCUT2D eigenvalue weighted by atomic mass is 32.2. The summed E-state index contributed by atoms with van der Waals surface area (Å²) in [6, 6.07) is 0. The van der Waals surface area contributed by atoms with Gasteiger partial charge in [-0.25, -0.2) is 8.42 Å². The first-order chi connectivity index (χ1) is 9.39. The molecule has 0 bridgehead atoms. The van der Waals surface area contributed by atoms with E-state index >= 15 is 0 Å². The number of hydrogen-bond acceptors (Lipinski definition) is 4. The van der Waals surface area contributed by atoms with Crippen LogP contribution in [0.1, 0.15) is 18.3 Å². The quantitative estimate of drug-likeness (QED) is 0.738. The van der Waals surface area contributed by atoms with E-state index in [-0.39, 0.29) is 11.4 Å². The highest BCUT2D eigenvalue weighted by Crippen LogP contribution is 2.23. The van der Waals surface area contributed by atoms with Gasteiger partial charge in [-0.05, 0) is 20.9 Å². The van der Waals surface area contributed by atoms with Crippen LogP contribution in [0.15, 0.2) is 4.90 Å². The third-order valence-electron chi connectivity index (χ3n) is 3.11. The zero-order chi connectivity index (χ0) is 15.3. The number of hydrogen-bond donors (Lipinski definition) is 1. The van der Waals surface area contributed by atoms with Crippen molar-refractivity contribution in [2.24, 2.45) is 0 Å². The summed E-state index contributed by atoms with van der Waals surface area (Å²) in [7, 11) is -1.75. The maximum atomic E-state index is 12.6. The van der Waals surface area contributed by atoms with Crippen molar-refractivity contribution in [1.82, 2.24) is 19.4 Å². The first-order valence-electron chi connectivity index (χ1n) is 6.52. The van der Waals surface area contributed by atoms with Crippen LogP contribution in [0.2, 0.25) is 0 Å². The molecule has 1 N–H and O–H groups in total. The van der Waals surface area contributed by atoms with Crippen LogP contribution in [0.25, 0.3) is 0 Å². The van der Waals surface area contributed by atoms with Gasteiger partial charge in [0.25, 0.3) is 0 Å². The van der Waals surface area contributed by atoms with Gasteiger partial charge < -0.3 is 5.32 Å². The normalized spacial score (nSPS) is 11.8. The lowest BCUT2D eigenvalue weighted by Gasteiger charge is -2.18. The van der Waals surface area contributed by atoms with E-state index in [1.807, 2.05) is 7.05 Å². The molecule has 0 saturated heterocycles. The van der Waals surface area contributed by atoms with Crippen LogP contribution < -0.4 is 5.32 Å². The van der Waals surface area contributed by atoms with E-state index in [0.717, 1.165) is 6.54 Å². The fourth-order valence-electron chi connectivity index (χ4n) is 2.09. The van der Waals surface area contributed by atoms with Crippen molar-refractivity contribution < 1.29 is 8.42 Å². The van der Waals surface area contributed by atoms with E-state index in [9.17, 15) is 8.42 Å². The van der Waals surface area contributed by atoms with Crippen molar-refractivity contribution in [2.75, 3.05) is 26.7 Å². The highest BCUT2D eigenvalue weighted by molar-refractivity contribution is 7.89. The van der Waals surface area contributed by atoms with Crippen LogP contribution in [0, 0.1) is 26.2 Å². The summed E-state index contributed by atoms with van der Waals surface area (Å²) in [6.45, 7) is 7.01. The summed E-state index contributed by atoms with van der Waals surface area (Å²) in [6.07, 6.45) is 5.24. The molecule has 0 atom stereocenters. The predicted molar refractivity (Wildman–Crippen MR) is 78.9 cm³/mol. The second kappa shape index (κ2) is 6.88. The molecule has 1 heterocycles. The minimum absolute atomic E-state index is 0.0689. The van der Waals surface area contributed by atoms with Crippen molar-refractivity contribution in [2.45, 2.75) is 32.2 Å². The molecule has 0 fully saturated rings. The molecule has 1 aromatic heterocycles. The Hall–Kier alpha value is -1.36. The molecule has 7 heteroatoms. The summed E-state index contributed by atoms with van der Waals surface area (Å²) < 4.78 is 28.3. The van der Waals surface area contributed by atoms with Gasteiger partial charge in [-0.1, -0.05) is 12.8 Å². The molecule has 0 aliphatic rings. The Bertz CT molecular complexity index is 599. The van der Waals surface area contributed by atoms with Gasteiger partial charge in [0.05, 0.1) is 24.5 Å². The van der Waals surface area contributed by atoms with Crippen LogP contribution in [0.4, 0.5) is 0 Å².